The molecule has 1 heterocycles. The van der Waals surface area contributed by atoms with Gasteiger partial charge in [-0.25, -0.2) is 4.79 Å². The van der Waals surface area contributed by atoms with Crippen LogP contribution in [0.3, 0.4) is 0 Å². The van der Waals surface area contributed by atoms with Crippen molar-refractivity contribution in [1.82, 2.24) is 10.2 Å². The number of nitrogens with one attached hydrogen (secondary N) is 1. The van der Waals surface area contributed by atoms with E-state index in [0.29, 0.717) is 18.2 Å². The molecule has 4 nitrogen and oxygen atoms in total. The van der Waals surface area contributed by atoms with E-state index in [1.165, 1.54) is 25.9 Å². The van der Waals surface area contributed by atoms with E-state index < -0.39 is 0 Å². The van der Waals surface area contributed by atoms with Gasteiger partial charge in [0.25, 0.3) is 0 Å². The zero-order valence-corrected chi connectivity index (χ0v) is 11.5. The normalized spacial score (nSPS) is 17.1. The average molecular weight is 262 g/mol. The van der Waals surface area contributed by atoms with Crippen LogP contribution in [-0.2, 0) is 0 Å². The number of hydrogen-bond acceptors (Lipinski definition) is 3. The van der Waals surface area contributed by atoms with Crippen molar-refractivity contribution in [3.8, 4) is 5.75 Å². The molecule has 1 aromatic carbocycles. The topological polar surface area (TPSA) is 41.6 Å². The van der Waals surface area contributed by atoms with Crippen LogP contribution < -0.4 is 10.1 Å². The third-order valence-corrected chi connectivity index (χ3v) is 3.32. The minimum Gasteiger partial charge on any atom is -0.410 e. The minimum absolute atomic E-state index is 0.375. The second-order valence-corrected chi connectivity index (χ2v) is 5.20. The molecule has 0 radical (unpaired) electrons. The van der Waals surface area contributed by atoms with Gasteiger partial charge in [-0.2, -0.15) is 0 Å². The molecule has 1 atom stereocenters. The zero-order chi connectivity index (χ0) is 13.5. The van der Waals surface area contributed by atoms with Gasteiger partial charge in [0.2, 0.25) is 0 Å². The van der Waals surface area contributed by atoms with Crippen molar-refractivity contribution in [3.05, 3.63) is 30.3 Å². The molecule has 1 aromatic rings. The van der Waals surface area contributed by atoms with Crippen LogP contribution in [0.4, 0.5) is 4.79 Å². The van der Waals surface area contributed by atoms with Gasteiger partial charge in [-0.15, -0.1) is 0 Å². The van der Waals surface area contributed by atoms with Gasteiger partial charge in [0.05, 0.1) is 0 Å². The first-order valence-electron chi connectivity index (χ1n) is 6.97. The van der Waals surface area contributed by atoms with Crippen molar-refractivity contribution < 1.29 is 9.53 Å². The molecule has 0 aliphatic carbocycles. The lowest BCUT2D eigenvalue weighted by Crippen LogP contribution is -2.35. The monoisotopic (exact) mass is 262 g/mol. The van der Waals surface area contributed by atoms with Crippen LogP contribution in [0, 0.1) is 5.92 Å². The molecule has 4 heteroatoms. The van der Waals surface area contributed by atoms with Gasteiger partial charge < -0.3 is 15.0 Å². The fraction of sp³-hybridized carbons (Fsp3) is 0.533. The Balaban J connectivity index is 1.65. The van der Waals surface area contributed by atoms with Crippen LogP contribution in [0.15, 0.2) is 30.3 Å². The summed E-state index contributed by atoms with van der Waals surface area (Å²) in [5.41, 5.74) is 0. The van der Waals surface area contributed by atoms with E-state index >= 15 is 0 Å². The van der Waals surface area contributed by atoms with Crippen molar-refractivity contribution >= 4 is 6.09 Å². The first kappa shape index (κ1) is 13.9. The summed E-state index contributed by atoms with van der Waals surface area (Å²) in [5.74, 6) is 1.02. The quantitative estimate of drug-likeness (QED) is 0.886. The molecule has 1 amide bonds. The predicted octanol–water partition coefficient (Wildman–Crippen LogP) is 2.51. The minimum atomic E-state index is -0.375. The molecule has 0 bridgehead atoms. The number of para-hydroxylation sites is 1. The highest BCUT2D eigenvalue weighted by Gasteiger charge is 2.15. The van der Waals surface area contributed by atoms with Crippen LogP contribution in [0.5, 0.6) is 5.75 Å². The van der Waals surface area contributed by atoms with Gasteiger partial charge in [-0.1, -0.05) is 25.1 Å². The number of ether oxygens (including phenoxy) is 1. The molecule has 0 aromatic heterocycles. The van der Waals surface area contributed by atoms with E-state index in [-0.39, 0.29) is 6.09 Å². The lowest BCUT2D eigenvalue weighted by atomic mass is 10.1. The molecule has 1 fully saturated rings. The van der Waals surface area contributed by atoms with Gasteiger partial charge in [-0.05, 0) is 44.0 Å². The van der Waals surface area contributed by atoms with Crippen LogP contribution in [0.2, 0.25) is 0 Å². The van der Waals surface area contributed by atoms with E-state index in [1.807, 2.05) is 18.2 Å². The Hall–Kier alpha value is -1.55. The molecular formula is C15H22N2O2. The highest BCUT2D eigenvalue weighted by atomic mass is 16.5. The standard InChI is InChI=1S/C15H22N2O2/c1-13(12-17-9-5-6-10-17)11-16-15(18)19-14-7-3-2-4-8-14/h2-4,7-8,13H,5-6,9-12H2,1H3,(H,16,18). The molecule has 1 aliphatic rings. The SMILES string of the molecule is CC(CNC(=O)Oc1ccccc1)CN1CCCC1. The average Bonchev–Trinajstić information content (AvgIpc) is 2.90. The van der Waals surface area contributed by atoms with Crippen molar-refractivity contribution in [1.29, 1.82) is 0 Å². The van der Waals surface area contributed by atoms with Crippen LogP contribution in [-0.4, -0.2) is 37.2 Å². The molecule has 1 aliphatic heterocycles. The van der Waals surface area contributed by atoms with E-state index in [2.05, 4.69) is 17.1 Å². The molecule has 104 valence electrons. The second-order valence-electron chi connectivity index (χ2n) is 5.20. The van der Waals surface area contributed by atoms with E-state index in [0.717, 1.165) is 6.54 Å². The first-order chi connectivity index (χ1) is 9.24. The Bertz CT molecular complexity index is 388. The number of carbonyl (C=O) groups excluding carboxylic acids is 1. The van der Waals surface area contributed by atoms with Crippen molar-refractivity contribution in [2.24, 2.45) is 5.92 Å². The number of amides is 1. The summed E-state index contributed by atoms with van der Waals surface area (Å²) < 4.78 is 5.17. The van der Waals surface area contributed by atoms with Crippen LogP contribution in [0.1, 0.15) is 19.8 Å². The highest BCUT2D eigenvalue weighted by molar-refractivity contribution is 5.70. The Morgan fingerprint density at radius 3 is 2.68 bits per heavy atom. The number of rotatable bonds is 5. The predicted molar refractivity (Wildman–Crippen MR) is 75.3 cm³/mol. The van der Waals surface area contributed by atoms with Crippen molar-refractivity contribution in [2.45, 2.75) is 19.8 Å². The largest absolute Gasteiger partial charge is 0.412 e. The van der Waals surface area contributed by atoms with Gasteiger partial charge in [-0.3, -0.25) is 0 Å². The maximum atomic E-state index is 11.6. The van der Waals surface area contributed by atoms with Crippen LogP contribution in [0.25, 0.3) is 0 Å². The highest BCUT2D eigenvalue weighted by Crippen LogP contribution is 2.10. The molecule has 1 saturated heterocycles. The van der Waals surface area contributed by atoms with E-state index in [4.69, 9.17) is 4.74 Å². The Morgan fingerprint density at radius 1 is 1.32 bits per heavy atom. The first-order valence-corrected chi connectivity index (χ1v) is 6.97. The van der Waals surface area contributed by atoms with Crippen molar-refractivity contribution in [3.63, 3.8) is 0 Å². The van der Waals surface area contributed by atoms with Gasteiger partial charge in [0.15, 0.2) is 0 Å². The fourth-order valence-electron chi connectivity index (χ4n) is 2.36. The summed E-state index contributed by atoms with van der Waals surface area (Å²) in [4.78, 5) is 14.1. The number of carbonyl (C=O) groups is 1. The summed E-state index contributed by atoms with van der Waals surface area (Å²) in [5, 5.41) is 2.82. The molecular weight excluding hydrogens is 240 g/mol. The van der Waals surface area contributed by atoms with Gasteiger partial charge >= 0.3 is 6.09 Å². The third kappa shape index (κ3) is 4.91. The summed E-state index contributed by atoms with van der Waals surface area (Å²) in [7, 11) is 0. The fourth-order valence-corrected chi connectivity index (χ4v) is 2.36. The lowest BCUT2D eigenvalue weighted by molar-refractivity contribution is 0.196. The summed E-state index contributed by atoms with van der Waals surface area (Å²) in [6.07, 6.45) is 2.23. The summed E-state index contributed by atoms with van der Waals surface area (Å²) >= 11 is 0. The van der Waals surface area contributed by atoms with Gasteiger partial charge in [0, 0.05) is 13.1 Å². The van der Waals surface area contributed by atoms with Gasteiger partial charge in [0.1, 0.15) is 5.75 Å². The van der Waals surface area contributed by atoms with Crippen molar-refractivity contribution in [2.75, 3.05) is 26.2 Å². The zero-order valence-electron chi connectivity index (χ0n) is 11.5. The molecule has 0 spiro atoms. The molecule has 2 rings (SSSR count). The van der Waals surface area contributed by atoms with Crippen LogP contribution >= 0.6 is 0 Å². The summed E-state index contributed by atoms with van der Waals surface area (Å²) in [6, 6.07) is 9.13. The molecule has 1 N–H and O–H groups in total. The molecule has 1 unspecified atom stereocenters. The number of hydrogen-bond donors (Lipinski definition) is 1. The summed E-state index contributed by atoms with van der Waals surface area (Å²) in [6.45, 7) is 6.24. The number of nitrogens with zero attached hydrogens (tertiary/aromatic N) is 1. The Labute approximate surface area is 114 Å². The number of likely N-dealkylation sites (tertiary alicyclic amines) is 1. The Morgan fingerprint density at radius 2 is 2.00 bits per heavy atom. The molecule has 19 heavy (non-hydrogen) atoms. The van der Waals surface area contributed by atoms with E-state index in [9.17, 15) is 4.79 Å². The maximum Gasteiger partial charge on any atom is 0.412 e. The second kappa shape index (κ2) is 7.14. The smallest absolute Gasteiger partial charge is 0.410 e. The third-order valence-electron chi connectivity index (χ3n) is 3.32. The maximum absolute atomic E-state index is 11.6. The van der Waals surface area contributed by atoms with E-state index in [1.54, 1.807) is 12.1 Å². The molecule has 0 saturated carbocycles. The lowest BCUT2D eigenvalue weighted by Gasteiger charge is -2.20. The number of benzene rings is 1. The Kier molecular flexibility index (Phi) is 5.21.